The van der Waals surface area contributed by atoms with Crippen molar-refractivity contribution in [3.05, 3.63) is 64.3 Å². The maximum Gasteiger partial charge on any atom is 0.245 e. The molecular formula is C65H115N11O14SSi2. The SMILES string of the molecule is CC[C@H](C)[C@@H]([C@@H](CC(=O)N1CCC[C@H]1[C@H](OC)[C@@H](C)C(=O)N[C@@H](Cc1ccccc1)C(=O)NCCC[Si](C)(C)O[Si](C)(C)CSc1ncc(COCCOCCOCCOCCOCCOCCN=[N+]=[N-])cn1)OC)N(C)C(=O)C(NC(=O)[C@H](C(C)C)N(C)C)C(C)C. The molecule has 3 N–H and O–H groups in total. The Morgan fingerprint density at radius 3 is 1.86 bits per heavy atom. The molecule has 9 atom stereocenters. The average Bonchev–Trinajstić information content (AvgIpc) is 1.81. The summed E-state index contributed by atoms with van der Waals surface area (Å²) < 4.78 is 52.3. The van der Waals surface area contributed by atoms with Gasteiger partial charge in [-0.1, -0.05) is 102 Å². The number of carbonyl (C=O) groups excluding carboxylic acids is 5. The Morgan fingerprint density at radius 1 is 0.753 bits per heavy atom. The maximum absolute atomic E-state index is 14.6. The lowest BCUT2D eigenvalue weighted by Crippen LogP contribution is -2.59. The first-order valence-corrected chi connectivity index (χ1v) is 40.3. The Labute approximate surface area is 561 Å². The van der Waals surface area contributed by atoms with Gasteiger partial charge in [-0.25, -0.2) is 9.97 Å². The molecule has 5 amide bonds. The van der Waals surface area contributed by atoms with E-state index in [2.05, 4.69) is 62.1 Å². The molecule has 2 aromatic rings. The van der Waals surface area contributed by atoms with E-state index in [9.17, 15) is 24.0 Å². The second-order valence-electron chi connectivity index (χ2n) is 26.0. The number of rotatable bonds is 50. The first-order chi connectivity index (χ1) is 44.3. The van der Waals surface area contributed by atoms with E-state index in [-0.39, 0.29) is 60.1 Å². The molecule has 2 heterocycles. The number of azide groups is 1. The van der Waals surface area contributed by atoms with Gasteiger partial charge in [0, 0.05) is 75.6 Å². The van der Waals surface area contributed by atoms with Crippen molar-refractivity contribution >= 4 is 57.9 Å². The molecule has 1 fully saturated rings. The summed E-state index contributed by atoms with van der Waals surface area (Å²) in [6, 6.07) is 7.38. The second kappa shape index (κ2) is 45.0. The summed E-state index contributed by atoms with van der Waals surface area (Å²) in [5, 5.41) is 14.1. The monoisotopic (exact) mass is 1360 g/mol. The van der Waals surface area contributed by atoms with E-state index >= 15 is 0 Å². The number of nitrogens with one attached hydrogen (secondary N) is 3. The van der Waals surface area contributed by atoms with Crippen LogP contribution in [-0.2, 0) is 79.0 Å². The van der Waals surface area contributed by atoms with Gasteiger partial charge in [-0.2, -0.15) is 0 Å². The van der Waals surface area contributed by atoms with Crippen molar-refractivity contribution in [3.63, 3.8) is 0 Å². The Kier molecular flexibility index (Phi) is 39.9. The van der Waals surface area contributed by atoms with Crippen LogP contribution in [0.2, 0.25) is 32.2 Å². The van der Waals surface area contributed by atoms with Crippen LogP contribution in [0, 0.1) is 23.7 Å². The lowest BCUT2D eigenvalue weighted by molar-refractivity contribution is -0.148. The molecule has 1 aliphatic rings. The Morgan fingerprint density at radius 2 is 1.33 bits per heavy atom. The minimum Gasteiger partial charge on any atom is -0.455 e. The molecular weight excluding hydrogens is 1250 g/mol. The van der Waals surface area contributed by atoms with Crippen molar-refractivity contribution < 1.29 is 66.0 Å². The topological polar surface area (TPSA) is 289 Å². The van der Waals surface area contributed by atoms with E-state index in [1.54, 1.807) is 62.1 Å². The molecule has 528 valence electrons. The zero-order valence-corrected chi connectivity index (χ0v) is 61.7. The molecule has 0 saturated carbocycles. The fourth-order valence-electron chi connectivity index (χ4n) is 11.6. The van der Waals surface area contributed by atoms with Gasteiger partial charge >= 0.3 is 0 Å². The van der Waals surface area contributed by atoms with Crippen molar-refractivity contribution in [2.45, 2.75) is 173 Å². The number of amides is 5. The van der Waals surface area contributed by atoms with Gasteiger partial charge < -0.3 is 67.8 Å². The van der Waals surface area contributed by atoms with E-state index in [1.807, 2.05) is 90.9 Å². The van der Waals surface area contributed by atoms with E-state index in [0.29, 0.717) is 130 Å². The van der Waals surface area contributed by atoms with Crippen LogP contribution in [0.4, 0.5) is 0 Å². The molecule has 28 heteroatoms. The number of aromatic nitrogens is 2. The third kappa shape index (κ3) is 31.0. The molecule has 1 aromatic carbocycles. The van der Waals surface area contributed by atoms with Crippen molar-refractivity contribution in [2.24, 2.45) is 28.8 Å². The number of likely N-dealkylation sites (tertiary alicyclic amines) is 1. The first-order valence-electron chi connectivity index (χ1n) is 33.1. The van der Waals surface area contributed by atoms with Gasteiger partial charge in [-0.15, -0.1) is 0 Å². The molecule has 0 bridgehead atoms. The van der Waals surface area contributed by atoms with Crippen LogP contribution >= 0.6 is 11.8 Å². The predicted octanol–water partition coefficient (Wildman–Crippen LogP) is 7.33. The summed E-state index contributed by atoms with van der Waals surface area (Å²) in [6.07, 6.45) is 5.19. The van der Waals surface area contributed by atoms with Crippen molar-refractivity contribution in [2.75, 3.05) is 133 Å². The fraction of sp³-hybridized carbons (Fsp3) is 0.769. The lowest BCUT2D eigenvalue weighted by Gasteiger charge is -2.41. The third-order valence-electron chi connectivity index (χ3n) is 16.4. The smallest absolute Gasteiger partial charge is 0.245 e. The number of benzene rings is 1. The molecule has 25 nitrogen and oxygen atoms in total. The number of nitrogens with zero attached hydrogens (tertiary/aromatic N) is 8. The quantitative estimate of drug-likeness (QED) is 0.0111. The molecule has 0 spiro atoms. The summed E-state index contributed by atoms with van der Waals surface area (Å²) >= 11 is 1.59. The normalized spacial score (nSPS) is 16.3. The van der Waals surface area contributed by atoms with Gasteiger partial charge in [0.05, 0.1) is 122 Å². The van der Waals surface area contributed by atoms with Crippen LogP contribution in [0.3, 0.4) is 0 Å². The number of methoxy groups -OCH3 is 2. The molecule has 3 rings (SSSR count). The first kappa shape index (κ1) is 82.6. The molecule has 1 unspecified atom stereocenters. The highest BCUT2D eigenvalue weighted by atomic mass is 32.2. The summed E-state index contributed by atoms with van der Waals surface area (Å²) in [7, 11) is 4.20. The highest BCUT2D eigenvalue weighted by Gasteiger charge is 2.44. The minimum absolute atomic E-state index is 0.0165. The zero-order valence-electron chi connectivity index (χ0n) is 58.9. The number of hydrogen-bond donors (Lipinski definition) is 3. The molecule has 93 heavy (non-hydrogen) atoms. The van der Waals surface area contributed by atoms with Gasteiger partial charge in [-0.05, 0) is 94.4 Å². The average molecular weight is 1360 g/mol. The van der Waals surface area contributed by atoms with Crippen molar-refractivity contribution in [1.82, 2.24) is 40.6 Å². The molecule has 0 radical (unpaired) electrons. The maximum atomic E-state index is 14.6. The summed E-state index contributed by atoms with van der Waals surface area (Å²) in [5.41, 5.74) is 9.99. The number of ether oxygens (including phenoxy) is 8. The largest absolute Gasteiger partial charge is 0.455 e. The second-order valence-corrected chi connectivity index (χ2v) is 36.1. The van der Waals surface area contributed by atoms with Gasteiger partial charge in [-0.3, -0.25) is 28.9 Å². The van der Waals surface area contributed by atoms with Gasteiger partial charge in [0.1, 0.15) is 12.1 Å². The van der Waals surface area contributed by atoms with Crippen molar-refractivity contribution in [1.29, 1.82) is 0 Å². The zero-order chi connectivity index (χ0) is 68.9. The van der Waals surface area contributed by atoms with E-state index in [0.717, 1.165) is 22.5 Å². The van der Waals surface area contributed by atoms with Crippen LogP contribution in [0.15, 0.2) is 53.0 Å². The lowest BCUT2D eigenvalue weighted by atomic mass is 9.89. The number of carbonyl (C=O) groups is 5. The standard InChI is InChI=1S/C65H115N11O14SSi2/c1-17-49(6)59(75(10)64(81)57(47(2)3)72-63(80)58(48(4)5)74(8)9)55(82-11)42-56(77)76-28-21-25-54(76)60(83-12)50(7)61(78)71-53(41-51-23-19-18-20-24-51)62(79)67-26-22-40-92(13,14)90-93(15,16)46-91-65-68-43-52(44-69-65)45-89-39-38-88-37-36-87-35-34-86-33-32-85-31-30-84-29-27-70-73-66/h18-20,23-24,43-44,47-50,53-55,57-60H,17,21-22,25-42,45-46H2,1-16H3,(H,67,79)(H,71,78)(H,72,80)/t49-,50+,53-,54-,55+,57?,58-,59-,60+/m0/s1. The fourth-order valence-corrected chi connectivity index (χ4v) is 22.0. The summed E-state index contributed by atoms with van der Waals surface area (Å²) in [6.45, 7) is 28.9. The number of hydrogen-bond acceptors (Lipinski definition) is 19. The summed E-state index contributed by atoms with van der Waals surface area (Å²) in [4.78, 5) is 88.4. The highest BCUT2D eigenvalue weighted by molar-refractivity contribution is 8.00. The number of thioether (sulfide) groups is 1. The molecule has 0 aliphatic carbocycles. The van der Waals surface area contributed by atoms with Crippen LogP contribution in [0.25, 0.3) is 10.4 Å². The Balaban J connectivity index is 1.49. The predicted molar refractivity (Wildman–Crippen MR) is 366 cm³/mol. The van der Waals surface area contributed by atoms with Crippen LogP contribution in [0.1, 0.15) is 91.7 Å². The van der Waals surface area contributed by atoms with Gasteiger partial charge in [0.25, 0.3) is 0 Å². The van der Waals surface area contributed by atoms with Crippen LogP contribution in [-0.4, -0.2) is 246 Å². The van der Waals surface area contributed by atoms with Crippen LogP contribution in [0.5, 0.6) is 0 Å². The van der Waals surface area contributed by atoms with Gasteiger partial charge in [0.15, 0.2) is 21.8 Å². The van der Waals surface area contributed by atoms with E-state index in [1.165, 1.54) is 0 Å². The summed E-state index contributed by atoms with van der Waals surface area (Å²) in [5.74, 6) is -2.29. The Hall–Kier alpha value is -4.66. The molecule has 1 aliphatic heterocycles. The van der Waals surface area contributed by atoms with Crippen LogP contribution < -0.4 is 16.0 Å². The van der Waals surface area contributed by atoms with Gasteiger partial charge in [0.2, 0.25) is 29.5 Å². The highest BCUT2D eigenvalue weighted by Crippen LogP contribution is 2.31. The minimum atomic E-state index is -2.18. The molecule has 1 aromatic heterocycles. The number of likely N-dealkylation sites (N-methyl/N-ethyl adjacent to an activating group) is 2. The molecule has 1 saturated heterocycles. The van der Waals surface area contributed by atoms with E-state index < -0.39 is 65.0 Å². The van der Waals surface area contributed by atoms with E-state index in [4.69, 9.17) is 47.5 Å². The Bertz CT molecular complexity index is 2500. The third-order valence-corrected chi connectivity index (χ3v) is 26.2. The van der Waals surface area contributed by atoms with Crippen molar-refractivity contribution in [3.8, 4) is 0 Å².